The van der Waals surface area contributed by atoms with E-state index in [1.54, 1.807) is 33.8 Å². The Labute approximate surface area is 322 Å². The van der Waals surface area contributed by atoms with Gasteiger partial charge >= 0.3 is 18.1 Å². The summed E-state index contributed by atoms with van der Waals surface area (Å²) in [7, 11) is 3.17. The zero-order valence-electron chi connectivity index (χ0n) is 32.0. The first-order valence-electron chi connectivity index (χ1n) is 19.1. The number of ether oxygens (including phenoxy) is 2. The molecule has 4 aromatic rings. The molecule has 0 aliphatic carbocycles. The van der Waals surface area contributed by atoms with E-state index in [4.69, 9.17) is 9.47 Å². The molecule has 4 heterocycles. The van der Waals surface area contributed by atoms with Gasteiger partial charge in [0, 0.05) is 52.4 Å². The van der Waals surface area contributed by atoms with Crippen LogP contribution in [0.3, 0.4) is 0 Å². The normalized spacial score (nSPS) is 17.4. The Bertz CT molecular complexity index is 2050. The largest absolute Gasteiger partial charge is 0.492 e. The fraction of sp³-hybridized carbons (Fsp3) is 0.372. The highest BCUT2D eigenvalue weighted by molar-refractivity contribution is 6.09. The summed E-state index contributed by atoms with van der Waals surface area (Å²) in [5.41, 5.74) is 8.75. The number of rotatable bonds is 4. The zero-order chi connectivity index (χ0) is 38.4. The minimum Gasteiger partial charge on any atom is -0.492 e. The fourth-order valence-corrected chi connectivity index (χ4v) is 8.69. The topological polar surface area (TPSA) is 109 Å². The molecule has 0 saturated carbocycles. The van der Waals surface area contributed by atoms with Gasteiger partial charge in [-0.15, -0.1) is 0 Å². The Balaban J connectivity index is 1.34. The summed E-state index contributed by atoms with van der Waals surface area (Å²) in [5, 5.41) is 10.1. The average molecular weight is 745 g/mol. The van der Waals surface area contributed by atoms with Crippen molar-refractivity contribution in [2.75, 3.05) is 73.1 Å². The molecule has 0 radical (unpaired) electrons. The molecule has 0 aromatic heterocycles. The highest BCUT2D eigenvalue weighted by Gasteiger charge is 2.38. The van der Waals surface area contributed by atoms with Crippen LogP contribution in [0.5, 0.6) is 11.5 Å². The van der Waals surface area contributed by atoms with Crippen molar-refractivity contribution in [2.45, 2.75) is 52.8 Å². The van der Waals surface area contributed by atoms with Crippen LogP contribution in [0.4, 0.5) is 37.1 Å². The van der Waals surface area contributed by atoms with Crippen molar-refractivity contribution >= 4 is 40.8 Å². The number of benzene rings is 4. The molecule has 0 spiro atoms. The van der Waals surface area contributed by atoms with Crippen LogP contribution in [0.2, 0.25) is 0 Å². The number of hydrogen-bond acceptors (Lipinski definition) is 6. The monoisotopic (exact) mass is 744 g/mol. The van der Waals surface area contributed by atoms with Gasteiger partial charge in [-0.05, 0) is 102 Å². The third-order valence-corrected chi connectivity index (χ3v) is 11.2. The second-order valence-electron chi connectivity index (χ2n) is 14.8. The summed E-state index contributed by atoms with van der Waals surface area (Å²) in [6.45, 7) is 7.56. The van der Waals surface area contributed by atoms with Gasteiger partial charge in [0.2, 0.25) is 0 Å². The Morgan fingerprint density at radius 3 is 1.42 bits per heavy atom. The van der Waals surface area contributed by atoms with E-state index in [0.29, 0.717) is 93.0 Å². The summed E-state index contributed by atoms with van der Waals surface area (Å²) in [6.07, 6.45) is 2.15. The summed E-state index contributed by atoms with van der Waals surface area (Å²) in [5.74, 6) is 0.926. The number of aliphatic hydroxyl groups excluding tert-OH is 1. The van der Waals surface area contributed by atoms with Crippen LogP contribution in [0.25, 0.3) is 11.1 Å². The minimum absolute atomic E-state index is 0.106. The first kappa shape index (κ1) is 36.2. The number of carbonyl (C=O) groups is 3. The molecule has 12 bridgehead atoms. The lowest BCUT2D eigenvalue weighted by molar-refractivity contribution is 0.192. The number of amides is 6. The van der Waals surface area contributed by atoms with Gasteiger partial charge < -0.3 is 24.4 Å². The molecule has 6 amide bonds. The number of fused-ring (bicyclic) bond motifs is 16. The van der Waals surface area contributed by atoms with Crippen LogP contribution in [-0.4, -0.2) is 86.5 Å². The van der Waals surface area contributed by atoms with Gasteiger partial charge in [0.15, 0.2) is 11.5 Å². The maximum Gasteiger partial charge on any atom is 0.329 e. The average Bonchev–Trinajstić information content (AvgIpc) is 3.18. The molecular formula is C43H48N6O6. The van der Waals surface area contributed by atoms with Gasteiger partial charge in [-0.3, -0.25) is 19.6 Å². The lowest BCUT2D eigenvalue weighted by atomic mass is 9.92. The maximum atomic E-state index is 14.7. The van der Waals surface area contributed by atoms with E-state index < -0.39 is 0 Å². The summed E-state index contributed by atoms with van der Waals surface area (Å²) in [4.78, 5) is 54.6. The van der Waals surface area contributed by atoms with E-state index >= 15 is 0 Å². The molecule has 0 atom stereocenters. The molecule has 4 aliphatic heterocycles. The Kier molecular flexibility index (Phi) is 9.77. The lowest BCUT2D eigenvalue weighted by Crippen LogP contribution is -2.51. The Hall–Kier alpha value is -5.75. The molecule has 4 aliphatic rings. The number of methoxy groups -OCH3 is 2. The Morgan fingerprint density at radius 2 is 0.982 bits per heavy atom. The van der Waals surface area contributed by atoms with Crippen LogP contribution >= 0.6 is 0 Å². The molecular weight excluding hydrogens is 697 g/mol. The van der Waals surface area contributed by atoms with Gasteiger partial charge in [-0.1, -0.05) is 36.4 Å². The molecule has 1 N–H and O–H groups in total. The van der Waals surface area contributed by atoms with Gasteiger partial charge in [-0.2, -0.15) is 0 Å². The third-order valence-electron chi connectivity index (χ3n) is 11.2. The highest BCUT2D eigenvalue weighted by Crippen LogP contribution is 2.45. The second kappa shape index (κ2) is 14.8. The van der Waals surface area contributed by atoms with E-state index in [9.17, 15) is 19.5 Å². The van der Waals surface area contributed by atoms with Crippen molar-refractivity contribution in [2.24, 2.45) is 0 Å². The van der Waals surface area contributed by atoms with Crippen LogP contribution in [0, 0.1) is 13.8 Å². The second-order valence-corrected chi connectivity index (χ2v) is 14.8. The van der Waals surface area contributed by atoms with Gasteiger partial charge in [-0.25, -0.2) is 14.4 Å². The summed E-state index contributed by atoms with van der Waals surface area (Å²) < 4.78 is 12.2. The smallest absolute Gasteiger partial charge is 0.329 e. The van der Waals surface area contributed by atoms with Crippen LogP contribution in [-0.2, 0) is 19.7 Å². The number of aryl methyl sites for hydroxylation is 2. The molecule has 8 rings (SSSR count). The van der Waals surface area contributed by atoms with Crippen molar-refractivity contribution in [3.05, 3.63) is 94.5 Å². The van der Waals surface area contributed by atoms with E-state index in [0.717, 1.165) is 51.8 Å². The van der Waals surface area contributed by atoms with Crippen LogP contribution in [0.15, 0.2) is 66.7 Å². The Morgan fingerprint density at radius 1 is 0.564 bits per heavy atom. The predicted octanol–water partition coefficient (Wildman–Crippen LogP) is 7.29. The van der Waals surface area contributed by atoms with E-state index in [1.165, 1.54) is 0 Å². The van der Waals surface area contributed by atoms with Crippen molar-refractivity contribution in [1.82, 2.24) is 9.80 Å². The van der Waals surface area contributed by atoms with Crippen LogP contribution in [0.1, 0.15) is 47.1 Å². The molecule has 55 heavy (non-hydrogen) atoms. The first-order valence-corrected chi connectivity index (χ1v) is 19.1. The number of nitrogens with zero attached hydrogens (tertiary/aromatic N) is 6. The van der Waals surface area contributed by atoms with Crippen molar-refractivity contribution in [3.63, 3.8) is 0 Å². The van der Waals surface area contributed by atoms with Gasteiger partial charge in [0.25, 0.3) is 0 Å². The standard InChI is InChI=1S/C43H48N6O6/c1-28-20-34-39(54-3)36(22-28)48-18-9-19-49(43(48)53)37-23-29(2)21-35(40(37)55-4)47-17-8-15-45(42(47)52)26-33-13-6-12-32(25-44-14-7-16-46(34)41(44)51)38(33)31-11-5-10-30(24-31)27-50/h5-6,10-13,20-24,50H,7-9,14-19,25-27H2,1-4H3. The number of aliphatic hydroxyl groups is 1. The molecule has 12 nitrogen and oxygen atoms in total. The van der Waals surface area contributed by atoms with Gasteiger partial charge in [0.05, 0.1) is 43.6 Å². The van der Waals surface area contributed by atoms with Crippen molar-refractivity contribution < 1.29 is 29.0 Å². The summed E-state index contributed by atoms with van der Waals surface area (Å²) >= 11 is 0. The quantitative estimate of drug-likeness (QED) is 0.235. The van der Waals surface area contributed by atoms with Gasteiger partial charge in [0.1, 0.15) is 0 Å². The number of hydrogen-bond donors (Lipinski definition) is 1. The predicted molar refractivity (Wildman–Crippen MR) is 214 cm³/mol. The van der Waals surface area contributed by atoms with E-state index in [2.05, 4.69) is 0 Å². The van der Waals surface area contributed by atoms with E-state index in [1.807, 2.05) is 90.4 Å². The molecule has 3 fully saturated rings. The van der Waals surface area contributed by atoms with Crippen molar-refractivity contribution in [3.8, 4) is 22.6 Å². The zero-order valence-corrected chi connectivity index (χ0v) is 32.0. The molecule has 286 valence electrons. The minimum atomic E-state index is -0.236. The van der Waals surface area contributed by atoms with Crippen molar-refractivity contribution in [1.29, 1.82) is 0 Å². The number of carbonyl (C=O) groups excluding carboxylic acids is 3. The fourth-order valence-electron chi connectivity index (χ4n) is 8.69. The molecule has 3 saturated heterocycles. The summed E-state index contributed by atoms with van der Waals surface area (Å²) in [6, 6.07) is 21.2. The lowest BCUT2D eigenvalue weighted by Gasteiger charge is -2.40. The van der Waals surface area contributed by atoms with E-state index in [-0.39, 0.29) is 24.7 Å². The first-order chi connectivity index (χ1) is 26.7. The molecule has 0 unspecified atom stereocenters. The van der Waals surface area contributed by atoms with Crippen LogP contribution < -0.4 is 29.1 Å². The molecule has 4 aromatic carbocycles. The number of anilines is 4. The highest BCUT2D eigenvalue weighted by atomic mass is 16.5. The number of urea groups is 3. The molecule has 12 heteroatoms. The third kappa shape index (κ3) is 6.48. The maximum absolute atomic E-state index is 14.7. The SMILES string of the molecule is COc1c2cc(C)cc1N1CCCN(C1=O)c1cc(C)cc(c1OC)N1CCCN(Cc3cccc(c3-c3cccc(CO)c3)CN3CCCN2C3=O)C1=O.